The first kappa shape index (κ1) is 19.9. The van der Waals surface area contributed by atoms with E-state index in [-0.39, 0.29) is 12.0 Å². The molecule has 2 aliphatic rings. The van der Waals surface area contributed by atoms with Crippen LogP contribution in [0.2, 0.25) is 0 Å². The number of ether oxygens (including phenoxy) is 2. The van der Waals surface area contributed by atoms with Gasteiger partial charge in [-0.1, -0.05) is 0 Å². The standard InChI is InChI=1S/C20H23N7O3S/c1-2-30-20(28)27-4-3-14-13(11-27)15-16(31-14)18(26-5-7-29-8-6-26)25-17(24-15)12-9-22-19(21)23-10-12/h9-10H,2-8,11H2,1H3,(H2,21,22,23). The number of aromatic nitrogens is 4. The summed E-state index contributed by atoms with van der Waals surface area (Å²) in [5.74, 6) is 1.64. The van der Waals surface area contributed by atoms with Crippen molar-refractivity contribution in [2.45, 2.75) is 19.9 Å². The molecular formula is C20H23N7O3S. The lowest BCUT2D eigenvalue weighted by molar-refractivity contribution is 0.103. The molecule has 2 N–H and O–H groups in total. The van der Waals surface area contributed by atoms with Crippen molar-refractivity contribution in [1.82, 2.24) is 24.8 Å². The Morgan fingerprint density at radius 3 is 2.74 bits per heavy atom. The third-order valence-corrected chi connectivity index (χ3v) is 6.70. The zero-order chi connectivity index (χ0) is 21.4. The number of rotatable bonds is 3. The molecule has 0 radical (unpaired) electrons. The predicted octanol–water partition coefficient (Wildman–Crippen LogP) is 2.08. The lowest BCUT2D eigenvalue weighted by Crippen LogP contribution is -2.37. The molecule has 0 atom stereocenters. The van der Waals surface area contributed by atoms with Crippen LogP contribution < -0.4 is 10.6 Å². The summed E-state index contributed by atoms with van der Waals surface area (Å²) in [4.78, 5) is 35.5. The van der Waals surface area contributed by atoms with Crippen molar-refractivity contribution in [1.29, 1.82) is 0 Å². The van der Waals surface area contributed by atoms with Crippen molar-refractivity contribution in [3.05, 3.63) is 22.8 Å². The summed E-state index contributed by atoms with van der Waals surface area (Å²) >= 11 is 1.72. The fourth-order valence-corrected chi connectivity index (χ4v) is 5.12. The summed E-state index contributed by atoms with van der Waals surface area (Å²) in [5, 5.41) is 0. The molecule has 3 aromatic rings. The summed E-state index contributed by atoms with van der Waals surface area (Å²) in [6.07, 6.45) is 3.76. The van der Waals surface area contributed by atoms with Gasteiger partial charge in [0.1, 0.15) is 0 Å². The first-order valence-electron chi connectivity index (χ1n) is 10.3. The van der Waals surface area contributed by atoms with Gasteiger partial charge in [-0.15, -0.1) is 11.3 Å². The topological polar surface area (TPSA) is 120 Å². The van der Waals surface area contributed by atoms with Gasteiger partial charge in [-0.2, -0.15) is 0 Å². The van der Waals surface area contributed by atoms with E-state index in [2.05, 4.69) is 14.9 Å². The van der Waals surface area contributed by atoms with E-state index in [0.717, 1.165) is 41.1 Å². The van der Waals surface area contributed by atoms with Crippen LogP contribution in [0.3, 0.4) is 0 Å². The number of morpholine rings is 1. The summed E-state index contributed by atoms with van der Waals surface area (Å²) < 4.78 is 11.8. The Labute approximate surface area is 183 Å². The molecule has 31 heavy (non-hydrogen) atoms. The summed E-state index contributed by atoms with van der Waals surface area (Å²) in [6.45, 7) is 6.14. The Balaban J connectivity index is 1.63. The summed E-state index contributed by atoms with van der Waals surface area (Å²) in [7, 11) is 0. The van der Waals surface area contributed by atoms with E-state index in [4.69, 9.17) is 25.2 Å². The van der Waals surface area contributed by atoms with E-state index in [0.29, 0.717) is 44.3 Å². The normalized spacial score (nSPS) is 16.4. The van der Waals surface area contributed by atoms with Crippen LogP contribution in [0, 0.1) is 0 Å². The highest BCUT2D eigenvalue weighted by Crippen LogP contribution is 2.40. The molecule has 0 saturated carbocycles. The number of nitrogens with zero attached hydrogens (tertiary/aromatic N) is 6. The molecule has 3 aromatic heterocycles. The molecule has 0 bridgehead atoms. The maximum absolute atomic E-state index is 12.3. The van der Waals surface area contributed by atoms with E-state index >= 15 is 0 Å². The first-order chi connectivity index (χ1) is 15.1. The Hall–Kier alpha value is -3.05. The van der Waals surface area contributed by atoms with Gasteiger partial charge in [0, 0.05) is 42.5 Å². The molecule has 162 valence electrons. The Morgan fingerprint density at radius 2 is 2.00 bits per heavy atom. The van der Waals surface area contributed by atoms with Crippen LogP contribution in [0.15, 0.2) is 12.4 Å². The summed E-state index contributed by atoms with van der Waals surface area (Å²) in [5.41, 5.74) is 8.29. The highest BCUT2D eigenvalue weighted by molar-refractivity contribution is 7.19. The van der Waals surface area contributed by atoms with Gasteiger partial charge in [-0.25, -0.2) is 24.7 Å². The van der Waals surface area contributed by atoms with Gasteiger partial charge in [-0.05, 0) is 13.3 Å². The largest absolute Gasteiger partial charge is 0.450 e. The van der Waals surface area contributed by atoms with E-state index in [9.17, 15) is 4.79 Å². The van der Waals surface area contributed by atoms with Gasteiger partial charge in [0.05, 0.1) is 42.1 Å². The molecule has 0 spiro atoms. The van der Waals surface area contributed by atoms with Gasteiger partial charge < -0.3 is 25.0 Å². The molecule has 10 nitrogen and oxygen atoms in total. The number of thiophene rings is 1. The second-order valence-corrected chi connectivity index (χ2v) is 8.46. The molecule has 11 heteroatoms. The average molecular weight is 442 g/mol. The number of hydrogen-bond donors (Lipinski definition) is 1. The Bertz CT molecular complexity index is 1110. The van der Waals surface area contributed by atoms with E-state index in [1.54, 1.807) is 28.6 Å². The van der Waals surface area contributed by atoms with Gasteiger partial charge in [0.25, 0.3) is 0 Å². The number of carbonyl (C=O) groups is 1. The maximum Gasteiger partial charge on any atom is 0.410 e. The SMILES string of the molecule is CCOC(=O)N1CCc2sc3c(N4CCOCC4)nc(-c4cnc(N)nc4)nc3c2C1. The van der Waals surface area contributed by atoms with Crippen LogP contribution in [0.25, 0.3) is 21.6 Å². The number of hydrogen-bond acceptors (Lipinski definition) is 10. The second-order valence-electron chi connectivity index (χ2n) is 7.35. The fraction of sp³-hybridized carbons (Fsp3) is 0.450. The fourth-order valence-electron chi connectivity index (χ4n) is 3.87. The number of fused-ring (bicyclic) bond motifs is 3. The molecule has 0 aliphatic carbocycles. The number of amides is 1. The maximum atomic E-state index is 12.3. The van der Waals surface area contributed by atoms with Crippen LogP contribution >= 0.6 is 11.3 Å². The number of nitrogen functional groups attached to an aromatic ring is 1. The van der Waals surface area contributed by atoms with E-state index in [1.165, 1.54) is 4.88 Å². The third-order valence-electron chi connectivity index (χ3n) is 5.42. The number of carbonyl (C=O) groups excluding carboxylic acids is 1. The lowest BCUT2D eigenvalue weighted by Gasteiger charge is -2.28. The second kappa shape index (κ2) is 8.23. The zero-order valence-electron chi connectivity index (χ0n) is 17.2. The third kappa shape index (κ3) is 3.74. The van der Waals surface area contributed by atoms with Gasteiger partial charge in [0.15, 0.2) is 11.6 Å². The smallest absolute Gasteiger partial charge is 0.410 e. The minimum absolute atomic E-state index is 0.205. The van der Waals surface area contributed by atoms with Crippen molar-refractivity contribution in [2.24, 2.45) is 0 Å². The van der Waals surface area contributed by atoms with Crippen LogP contribution in [0.4, 0.5) is 16.6 Å². The monoisotopic (exact) mass is 441 g/mol. The van der Waals surface area contributed by atoms with Crippen molar-refractivity contribution in [2.75, 3.05) is 50.1 Å². The lowest BCUT2D eigenvalue weighted by atomic mass is 10.1. The molecule has 5 heterocycles. The highest BCUT2D eigenvalue weighted by atomic mass is 32.1. The highest BCUT2D eigenvalue weighted by Gasteiger charge is 2.29. The van der Waals surface area contributed by atoms with Crippen LogP contribution in [-0.2, 0) is 22.4 Å². The minimum Gasteiger partial charge on any atom is -0.450 e. The van der Waals surface area contributed by atoms with E-state index < -0.39 is 0 Å². The van der Waals surface area contributed by atoms with Gasteiger partial charge in [0.2, 0.25) is 5.95 Å². The number of anilines is 2. The zero-order valence-corrected chi connectivity index (χ0v) is 18.0. The van der Waals surface area contributed by atoms with Crippen molar-refractivity contribution in [3.8, 4) is 11.4 Å². The van der Waals surface area contributed by atoms with Crippen LogP contribution in [-0.4, -0.2) is 70.4 Å². The Kier molecular flexibility index (Phi) is 5.28. The molecule has 5 rings (SSSR count). The Morgan fingerprint density at radius 1 is 1.23 bits per heavy atom. The molecule has 1 saturated heterocycles. The first-order valence-corrected chi connectivity index (χ1v) is 11.1. The van der Waals surface area contributed by atoms with Crippen molar-refractivity contribution >= 4 is 39.4 Å². The minimum atomic E-state index is -0.290. The van der Waals surface area contributed by atoms with E-state index in [1.807, 2.05) is 6.92 Å². The molecule has 1 fully saturated rings. The molecule has 0 unspecified atom stereocenters. The quantitative estimate of drug-likeness (QED) is 0.651. The summed E-state index contributed by atoms with van der Waals surface area (Å²) in [6, 6.07) is 0. The van der Waals surface area contributed by atoms with Gasteiger partial charge in [-0.3, -0.25) is 0 Å². The van der Waals surface area contributed by atoms with Crippen LogP contribution in [0.5, 0.6) is 0 Å². The average Bonchev–Trinajstić information content (AvgIpc) is 3.17. The molecule has 1 amide bonds. The molecule has 2 aliphatic heterocycles. The van der Waals surface area contributed by atoms with Crippen molar-refractivity contribution < 1.29 is 14.3 Å². The van der Waals surface area contributed by atoms with Gasteiger partial charge >= 0.3 is 6.09 Å². The molecule has 0 aromatic carbocycles. The molecular weight excluding hydrogens is 418 g/mol. The predicted molar refractivity (Wildman–Crippen MR) is 117 cm³/mol. The van der Waals surface area contributed by atoms with Crippen molar-refractivity contribution in [3.63, 3.8) is 0 Å². The van der Waals surface area contributed by atoms with Crippen LogP contribution in [0.1, 0.15) is 17.4 Å². The number of nitrogens with two attached hydrogens (primary N) is 1.